The first-order chi connectivity index (χ1) is 36.0. The van der Waals surface area contributed by atoms with Gasteiger partial charge in [0.15, 0.2) is 5.78 Å². The molecule has 5 rings (SSSR count). The normalized spacial score (nSPS) is 16.4. The van der Waals surface area contributed by atoms with Crippen molar-refractivity contribution >= 4 is 46.7 Å². The molecule has 2 heterocycles. The second-order valence-corrected chi connectivity index (χ2v) is 21.5. The zero-order valence-electron chi connectivity index (χ0n) is 46.4. The third kappa shape index (κ3) is 17.3. The van der Waals surface area contributed by atoms with E-state index >= 15 is 9.59 Å². The number of hydrogen-bond donors (Lipinski definition) is 3. The van der Waals surface area contributed by atoms with E-state index < -0.39 is 76.6 Å². The lowest BCUT2D eigenvalue weighted by molar-refractivity contribution is -0.146. The highest BCUT2D eigenvalue weighted by Gasteiger charge is 2.37. The summed E-state index contributed by atoms with van der Waals surface area (Å²) in [5.41, 5.74) is 1.45. The van der Waals surface area contributed by atoms with Crippen molar-refractivity contribution in [2.75, 3.05) is 40.5 Å². The number of esters is 1. The van der Waals surface area contributed by atoms with Gasteiger partial charge in [-0.25, -0.2) is 19.4 Å². The largest absolute Gasteiger partial charge is 0.493 e. The zero-order chi connectivity index (χ0) is 55.7. The molecule has 18 nitrogen and oxygen atoms in total. The number of carbonyl (C=O) groups is 6. The first-order valence-corrected chi connectivity index (χ1v) is 26.7. The van der Waals surface area contributed by atoms with E-state index in [1.165, 1.54) is 49.2 Å². The molecule has 0 unspecified atom stereocenters. The third-order valence-corrected chi connectivity index (χ3v) is 12.8. The molecule has 4 amide bonds. The number of unbranched alkanes of at least 4 members (excludes halogenated alkanes) is 5. The fourth-order valence-corrected chi connectivity index (χ4v) is 8.99. The number of likely N-dealkylation sites (N-methyl/N-ethyl adjacent to an activating group) is 1. The number of nitrogens with zero attached hydrogens (tertiary/aromatic N) is 3. The summed E-state index contributed by atoms with van der Waals surface area (Å²) in [7, 11) is 2.68. The van der Waals surface area contributed by atoms with Crippen molar-refractivity contribution in [1.82, 2.24) is 30.4 Å². The highest BCUT2D eigenvalue weighted by Crippen LogP contribution is 2.41. The van der Waals surface area contributed by atoms with Gasteiger partial charge in [-0.2, -0.15) is 0 Å². The predicted octanol–water partition coefficient (Wildman–Crippen LogP) is 9.12. The van der Waals surface area contributed by atoms with Crippen molar-refractivity contribution in [1.29, 1.82) is 0 Å². The van der Waals surface area contributed by atoms with Crippen molar-refractivity contribution in [3.8, 4) is 22.6 Å². The van der Waals surface area contributed by atoms with Gasteiger partial charge in [0.2, 0.25) is 11.8 Å². The van der Waals surface area contributed by atoms with Crippen LogP contribution in [-0.2, 0) is 46.2 Å². The average molecular weight is 1050 g/mol. The standard InChI is InChI=1S/C58H80N6O12/c1-12-14-15-16-17-18-19-38-20-23-41-44(33-38)61-36-64(52(41)67)46(26-27-59-55(70)75-57(4,5)6)53(68)63(10)50-40-22-25-49(73-29-13-2)43(35-40)42-32-39(21-24-48(42)74-30-28-60-56(71)76-58(7,8)9)34-45(54(69)72-11)62-51(66)37(3)31-47(50)65/h20-25,32-33,35-37,45-46,50H,12-19,26-31,34H2,1-11H3,(H,59,70)(H,60,71)(H,62,66)/t37-,45+,46+,50+/m1/s1. The first kappa shape index (κ1) is 59.9. The van der Waals surface area contributed by atoms with Gasteiger partial charge in [0.05, 0.1) is 37.5 Å². The summed E-state index contributed by atoms with van der Waals surface area (Å²) in [5, 5.41) is 8.48. The second kappa shape index (κ2) is 27.7. The van der Waals surface area contributed by atoms with Crippen LogP contribution < -0.4 is 31.0 Å². The highest BCUT2D eigenvalue weighted by molar-refractivity contribution is 5.95. The molecule has 3 aromatic carbocycles. The van der Waals surface area contributed by atoms with Crippen LogP contribution in [-0.4, -0.2) is 108 Å². The molecule has 1 aliphatic heterocycles. The number of Topliss-reactive ketones (excluding diaryl/α,β-unsaturated/α-hetero) is 1. The zero-order valence-corrected chi connectivity index (χ0v) is 46.4. The molecule has 4 bridgehead atoms. The van der Waals surface area contributed by atoms with Crippen LogP contribution in [0.25, 0.3) is 22.0 Å². The van der Waals surface area contributed by atoms with E-state index in [2.05, 4.69) is 27.9 Å². The molecule has 0 radical (unpaired) electrons. The number of alkyl carbamates (subject to hydrolysis) is 2. The Kier molecular flexibility index (Phi) is 21.8. The molecular formula is C58H80N6O12. The summed E-state index contributed by atoms with van der Waals surface area (Å²) >= 11 is 0. The molecular weight excluding hydrogens is 973 g/mol. The third-order valence-electron chi connectivity index (χ3n) is 12.8. The quantitative estimate of drug-likeness (QED) is 0.0403. The number of amides is 4. The predicted molar refractivity (Wildman–Crippen MR) is 290 cm³/mol. The molecule has 3 N–H and O–H groups in total. The number of ketones is 1. The van der Waals surface area contributed by atoms with E-state index in [0.29, 0.717) is 57.7 Å². The molecule has 0 spiro atoms. The number of aryl methyl sites for hydroxylation is 1. The van der Waals surface area contributed by atoms with Gasteiger partial charge in [-0.3, -0.25) is 23.7 Å². The highest BCUT2D eigenvalue weighted by atomic mass is 16.6. The molecule has 76 heavy (non-hydrogen) atoms. The van der Waals surface area contributed by atoms with Crippen LogP contribution in [0.5, 0.6) is 11.5 Å². The minimum Gasteiger partial charge on any atom is -0.493 e. The lowest BCUT2D eigenvalue weighted by Gasteiger charge is -2.33. The number of fused-ring (bicyclic) bond motifs is 6. The average Bonchev–Trinajstić information content (AvgIpc) is 3.35. The van der Waals surface area contributed by atoms with E-state index in [1.54, 1.807) is 90.9 Å². The second-order valence-electron chi connectivity index (χ2n) is 21.5. The maximum atomic E-state index is 15.4. The smallest absolute Gasteiger partial charge is 0.407 e. The minimum atomic E-state index is -1.36. The van der Waals surface area contributed by atoms with Crippen LogP contribution in [0, 0.1) is 5.92 Å². The molecule has 1 aromatic heterocycles. The van der Waals surface area contributed by atoms with Crippen molar-refractivity contribution in [2.24, 2.45) is 5.92 Å². The van der Waals surface area contributed by atoms with E-state index in [9.17, 15) is 24.0 Å². The number of nitrogens with one attached hydrogen (secondary N) is 3. The molecule has 1 aliphatic rings. The Balaban J connectivity index is 1.63. The summed E-state index contributed by atoms with van der Waals surface area (Å²) < 4.78 is 29.9. The number of aromatic nitrogens is 2. The van der Waals surface area contributed by atoms with Crippen LogP contribution >= 0.6 is 0 Å². The van der Waals surface area contributed by atoms with Crippen molar-refractivity contribution in [2.45, 2.75) is 162 Å². The van der Waals surface area contributed by atoms with Crippen molar-refractivity contribution in [3.05, 3.63) is 88.0 Å². The number of carbonyl (C=O) groups excluding carboxylic acids is 6. The topological polar surface area (TPSA) is 223 Å². The molecule has 4 aromatic rings. The van der Waals surface area contributed by atoms with Crippen LogP contribution in [0.3, 0.4) is 0 Å². The molecule has 4 atom stereocenters. The fourth-order valence-electron chi connectivity index (χ4n) is 8.99. The summed E-state index contributed by atoms with van der Waals surface area (Å²) in [6, 6.07) is 12.1. The maximum absolute atomic E-state index is 15.4. The summed E-state index contributed by atoms with van der Waals surface area (Å²) in [4.78, 5) is 104. The van der Waals surface area contributed by atoms with Gasteiger partial charge in [-0.15, -0.1) is 0 Å². The van der Waals surface area contributed by atoms with Gasteiger partial charge in [0.1, 0.15) is 47.4 Å². The Morgan fingerprint density at radius 1 is 0.776 bits per heavy atom. The van der Waals surface area contributed by atoms with E-state index in [1.807, 2.05) is 19.1 Å². The number of methoxy groups -OCH3 is 1. The Morgan fingerprint density at radius 2 is 1.41 bits per heavy atom. The van der Waals surface area contributed by atoms with Crippen LogP contribution in [0.1, 0.15) is 149 Å². The number of ether oxygens (including phenoxy) is 5. The fraction of sp³-hybridized carbons (Fsp3) is 0.552. The van der Waals surface area contributed by atoms with E-state index in [4.69, 9.17) is 23.7 Å². The maximum Gasteiger partial charge on any atom is 0.407 e. The minimum absolute atomic E-state index is 0.0149. The van der Waals surface area contributed by atoms with Crippen molar-refractivity contribution < 1.29 is 52.5 Å². The Labute approximate surface area is 447 Å². The van der Waals surface area contributed by atoms with Gasteiger partial charge >= 0.3 is 18.2 Å². The van der Waals surface area contributed by atoms with Gasteiger partial charge in [0, 0.05) is 43.5 Å². The molecule has 414 valence electrons. The molecule has 0 aliphatic carbocycles. The molecule has 18 heteroatoms. The number of hydrogen-bond acceptors (Lipinski definition) is 13. The van der Waals surface area contributed by atoms with Crippen LogP contribution in [0.4, 0.5) is 9.59 Å². The van der Waals surface area contributed by atoms with Gasteiger partial charge < -0.3 is 44.5 Å². The van der Waals surface area contributed by atoms with Gasteiger partial charge in [0.25, 0.3) is 5.56 Å². The van der Waals surface area contributed by atoms with E-state index in [-0.39, 0.29) is 39.0 Å². The lowest BCUT2D eigenvalue weighted by Crippen LogP contribution is -2.46. The lowest BCUT2D eigenvalue weighted by atomic mass is 9.89. The number of benzene rings is 3. The Morgan fingerprint density at radius 3 is 2.07 bits per heavy atom. The Bertz CT molecular complexity index is 2720. The summed E-state index contributed by atoms with van der Waals surface area (Å²) in [5.74, 6) is -2.68. The van der Waals surface area contributed by atoms with Gasteiger partial charge in [-0.05, 0) is 120 Å². The van der Waals surface area contributed by atoms with Gasteiger partial charge in [-0.1, -0.05) is 71.1 Å². The summed E-state index contributed by atoms with van der Waals surface area (Å²) in [6.45, 7) is 16.5. The van der Waals surface area contributed by atoms with E-state index in [0.717, 1.165) is 31.2 Å². The van der Waals surface area contributed by atoms with Crippen LogP contribution in [0.2, 0.25) is 0 Å². The SMILES string of the molecule is CCCCCCCCc1ccc2c(=O)n([C@@H](CCNC(=O)OC(C)(C)C)C(=O)N(C)[C@@H]3C(=O)C[C@@H](C)C(=O)N[C@H](C(=O)OC)Cc4ccc(OCCNC(=O)OC(C)(C)C)c(c4)-c4cc3ccc4OCCC)cnc2c1. The first-order valence-electron chi connectivity index (χ1n) is 26.7. The molecule has 0 fully saturated rings. The monoisotopic (exact) mass is 1050 g/mol. The summed E-state index contributed by atoms with van der Waals surface area (Å²) in [6.07, 6.45) is 7.89. The van der Waals surface area contributed by atoms with Crippen LogP contribution in [0.15, 0.2) is 65.7 Å². The molecule has 0 saturated heterocycles. The Hall–Kier alpha value is -6.98. The molecule has 0 saturated carbocycles. The van der Waals surface area contributed by atoms with Crippen molar-refractivity contribution in [3.63, 3.8) is 0 Å². The number of rotatable bonds is 21.